The minimum absolute atomic E-state index is 0.0337. The number of aromatic nitrogens is 2. The number of ether oxygens (including phenoxy) is 3. The van der Waals surface area contributed by atoms with Crippen LogP contribution in [0.5, 0.6) is 0 Å². The maximum atomic E-state index is 13.1. The van der Waals surface area contributed by atoms with Gasteiger partial charge in [-0.15, -0.1) is 0 Å². The van der Waals surface area contributed by atoms with Crippen LogP contribution in [-0.4, -0.2) is 153 Å². The summed E-state index contributed by atoms with van der Waals surface area (Å²) < 4.78 is 21.7. The number of hydrogen-bond donors (Lipinski definition) is 0. The van der Waals surface area contributed by atoms with Crippen molar-refractivity contribution >= 4 is 89.4 Å². The van der Waals surface area contributed by atoms with Crippen molar-refractivity contribution in [2.45, 2.75) is 356 Å². The molecule has 34 nitrogen and oxygen atoms in total. The smallest absolute Gasteiger partial charge is 0.425 e. The molecule has 0 saturated heterocycles. The lowest BCUT2D eigenvalue weighted by Crippen LogP contribution is -2.47. The number of carbonyl (C=O) groups excluding carboxylic acids is 12. The molecule has 6 atom stereocenters. The van der Waals surface area contributed by atoms with Crippen molar-refractivity contribution in [2.75, 3.05) is 59.0 Å². The molecule has 0 saturated carbocycles. The molecule has 3 aromatic carbocycles. The van der Waals surface area contributed by atoms with Gasteiger partial charge in [-0.25, -0.2) is 102 Å². The van der Waals surface area contributed by atoms with Crippen molar-refractivity contribution in [3.63, 3.8) is 0 Å². The number of nitriles is 3. The van der Waals surface area contributed by atoms with Gasteiger partial charge in [0.05, 0.1) is 56.3 Å². The Balaban J connectivity index is -0.000000836. The van der Waals surface area contributed by atoms with Gasteiger partial charge in [0.15, 0.2) is 17.7 Å². The molecule has 0 fully saturated rings. The first-order valence-electron chi connectivity index (χ1n) is 50.6. The lowest BCUT2D eigenvalue weighted by atomic mass is 9.66. The molecule has 4 aromatic rings. The van der Waals surface area contributed by atoms with Gasteiger partial charge in [0, 0.05) is 32.5 Å². The third kappa shape index (κ3) is 84.6. The molecule has 0 radical (unpaired) electrons. The number of Topliss-reactive ketones (excluding diaryl/α,β-unsaturated/α-hetero) is 2. The maximum absolute atomic E-state index is 13.1. The molecular formula is C108H156N16O18. The lowest BCUT2D eigenvalue weighted by molar-refractivity contribution is -0.127. The van der Waals surface area contributed by atoms with Crippen LogP contribution in [0.3, 0.4) is 0 Å². The predicted molar refractivity (Wildman–Crippen MR) is 549 cm³/mol. The highest BCUT2D eigenvalue weighted by Crippen LogP contribution is 2.43. The molecule has 6 unspecified atom stereocenters. The van der Waals surface area contributed by atoms with Crippen molar-refractivity contribution in [3.8, 4) is 18.8 Å². The summed E-state index contributed by atoms with van der Waals surface area (Å²) in [5.41, 5.74) is 1.54. The van der Waals surface area contributed by atoms with Crippen LogP contribution in [0.15, 0.2) is 184 Å². The maximum Gasteiger partial charge on any atom is 0.425 e. The van der Waals surface area contributed by atoms with E-state index in [4.69, 9.17) is 20.2 Å². The van der Waals surface area contributed by atoms with Crippen LogP contribution in [0.4, 0.5) is 17.1 Å². The van der Waals surface area contributed by atoms with E-state index in [0.717, 1.165) is 93.5 Å². The molecule has 776 valence electrons. The van der Waals surface area contributed by atoms with E-state index in [2.05, 4.69) is 135 Å². The Morgan fingerprint density at radius 1 is 0.394 bits per heavy atom. The first-order chi connectivity index (χ1) is 69.6. The van der Waals surface area contributed by atoms with Crippen LogP contribution in [0, 0.1) is 58.2 Å². The zero-order valence-electron chi connectivity index (χ0n) is 85.3. The molecule has 5 rings (SSSR count). The molecular weight excluding hydrogens is 1810 g/mol. The average molecular weight is 1970 g/mol. The van der Waals surface area contributed by atoms with Crippen LogP contribution < -0.4 is 17.1 Å². The Bertz CT molecular complexity index is 4620. The third-order valence-corrected chi connectivity index (χ3v) is 21.3. The van der Waals surface area contributed by atoms with Crippen LogP contribution in [0.25, 0.3) is 0 Å². The highest BCUT2D eigenvalue weighted by Gasteiger charge is 2.34. The van der Waals surface area contributed by atoms with Crippen molar-refractivity contribution in [1.82, 2.24) is 9.13 Å². The summed E-state index contributed by atoms with van der Waals surface area (Å²) >= 11 is 0. The molecule has 1 heterocycles. The van der Waals surface area contributed by atoms with Crippen LogP contribution in [-0.2, 0) is 84.8 Å². The van der Waals surface area contributed by atoms with E-state index in [1.54, 1.807) is 61.7 Å². The molecule has 0 aliphatic heterocycles. The van der Waals surface area contributed by atoms with E-state index in [1.165, 1.54) is 207 Å². The van der Waals surface area contributed by atoms with Gasteiger partial charge in [-0.05, 0) is 188 Å². The molecule has 0 amide bonds. The number of carbonyl (C=O) groups is 2. The molecule has 142 heavy (non-hydrogen) atoms. The molecule has 1 aromatic heterocycles. The second-order valence-electron chi connectivity index (χ2n) is 32.8. The molecule has 1 aliphatic rings. The topological polar surface area (TPSA) is 497 Å². The van der Waals surface area contributed by atoms with E-state index >= 15 is 0 Å². The van der Waals surface area contributed by atoms with Crippen molar-refractivity contribution in [1.29, 1.82) is 15.8 Å². The standard InChI is InChI=1S/C36H62N2O2.C24H36N6O6.C11H13N3O4.C10H14N2O3.3C7H5NO.2C3H8/c1-3-5-7-12-19-25-36-34(24-18-13-8-10-15-21-29-37-31-39)28-27-33(23-17-6-4-2)35(36)26-20-14-9-11-16-22-30-38-32-40;25-19-35-18-12-6-3-9-15-28-22-29(16-10-4-1-7-13-26-20-31)23(33)30(24(34)36-22)17-11-5-2-8-14-27-21-32;12-7-18-6-2-1-3-10(14-9-16)11(17)4-5-13-8-15;1-2-9(14)10(15-7-11)5-3-4-6-12-8-13;3*9-6-8-7-4-2-1-3-5-7;2*1-3-2/h19,25,27-28,33-36H,3-18,20-24,26,29-30H2,1-2H3;1-18H2;10H,1-6H2;10H,2-6H2,1H3;3*1-5H;2*3H2,1-2H3/b25-19-;;;;;;;;. The summed E-state index contributed by atoms with van der Waals surface area (Å²) in [7, 11) is 0. The number of allylic oxidation sites excluding steroid dienone is 4. The Labute approximate surface area is 840 Å². The fourth-order valence-corrected chi connectivity index (χ4v) is 14.2. The van der Waals surface area contributed by atoms with Gasteiger partial charge < -0.3 is 18.6 Å². The van der Waals surface area contributed by atoms with Crippen LogP contribution >= 0.6 is 0 Å². The molecule has 0 bridgehead atoms. The number of ketones is 2. The number of unbranched alkanes of at least 4 members (excludes halogenated alkanes) is 26. The van der Waals surface area contributed by atoms with Gasteiger partial charge in [0.1, 0.15) is 19.3 Å². The van der Waals surface area contributed by atoms with E-state index in [1.807, 2.05) is 54.6 Å². The fraction of sp³-hybridized carbons (Fsp3) is 0.630. The Morgan fingerprint density at radius 2 is 0.768 bits per heavy atom. The third-order valence-electron chi connectivity index (χ3n) is 21.3. The largest absolute Gasteiger partial charge is 0.428 e. The number of para-hydroxylation sites is 3. The van der Waals surface area contributed by atoms with Crippen LogP contribution in [0.1, 0.15) is 331 Å². The SMILES string of the molecule is CCC.CCC.CCC(=O)C(CCCCN=C=O)OC#N.CCCCC/C=C\C1C(CCCCCCCCN=C=O)C=CC(CCCCC)C1CCCCCCCCN=C=O.N#COCCCCC(N=C=O)C(=O)CCN=C=O.N#COCCCCCCN=c1oc(=O)n(CCCCCCN=C=O)c(=O)n1CCCCCCN=C=O.O=C=Nc1ccccc1.O=C=Nc1ccccc1.O=C=Nc1ccccc1. The molecule has 34 heteroatoms. The summed E-state index contributed by atoms with van der Waals surface area (Å²) in [6.07, 6.45) is 73.1. The highest BCUT2D eigenvalue weighted by molar-refractivity contribution is 5.85. The average Bonchev–Trinajstić information content (AvgIpc) is 0.809. The van der Waals surface area contributed by atoms with Gasteiger partial charge in [-0.1, -0.05) is 269 Å². The van der Waals surface area contributed by atoms with E-state index in [-0.39, 0.29) is 43.4 Å². The Kier molecular flexibility index (Phi) is 104. The molecule has 0 N–H and O–H groups in total. The minimum atomic E-state index is -0.758. The van der Waals surface area contributed by atoms with Gasteiger partial charge in [0.25, 0.3) is 18.8 Å². The lowest BCUT2D eigenvalue weighted by Gasteiger charge is -2.39. The minimum Gasteiger partial charge on any atom is -0.428 e. The zero-order chi connectivity index (χ0) is 105. The van der Waals surface area contributed by atoms with Gasteiger partial charge in [0.2, 0.25) is 60.8 Å². The summed E-state index contributed by atoms with van der Waals surface area (Å²) in [5.74, 6) is 1.85. The Morgan fingerprint density at radius 3 is 1.20 bits per heavy atom. The number of benzene rings is 3. The fourth-order valence-electron chi connectivity index (χ4n) is 14.2. The quantitative estimate of drug-likeness (QED) is 0.0130. The van der Waals surface area contributed by atoms with E-state index < -0.39 is 23.6 Å². The predicted octanol–water partition coefficient (Wildman–Crippen LogP) is 23.0. The first kappa shape index (κ1) is 135. The monoisotopic (exact) mass is 1970 g/mol. The summed E-state index contributed by atoms with van der Waals surface area (Å²) in [6, 6.07) is 26.2. The van der Waals surface area contributed by atoms with Crippen LogP contribution in [0.2, 0.25) is 0 Å². The number of isocyanates is 10. The number of nitrogens with zero attached hydrogens (tertiary/aromatic N) is 16. The number of aliphatic imine (C=N–C) groups is 10. The summed E-state index contributed by atoms with van der Waals surface area (Å²) in [5, 5.41) is 24.8. The van der Waals surface area contributed by atoms with E-state index in [0.29, 0.717) is 139 Å². The second kappa shape index (κ2) is 110. The summed E-state index contributed by atoms with van der Waals surface area (Å²) in [4.78, 5) is 187. The van der Waals surface area contributed by atoms with Gasteiger partial charge >= 0.3 is 17.1 Å². The number of rotatable bonds is 69. The van der Waals surface area contributed by atoms with Gasteiger partial charge in [-0.3, -0.25) is 9.59 Å². The van der Waals surface area contributed by atoms with Crippen molar-refractivity contribution in [3.05, 3.63) is 142 Å². The molecule has 1 aliphatic carbocycles. The normalized spacial score (nSPS) is 12.8. The van der Waals surface area contributed by atoms with Crippen molar-refractivity contribution < 1.29 is 76.2 Å². The van der Waals surface area contributed by atoms with Crippen molar-refractivity contribution in [2.24, 2.45) is 78.6 Å². The first-order valence-corrected chi connectivity index (χ1v) is 50.6. The highest BCUT2D eigenvalue weighted by atomic mass is 16.5. The second-order valence-corrected chi connectivity index (χ2v) is 32.8. The molecule has 0 spiro atoms. The summed E-state index contributed by atoms with van der Waals surface area (Å²) in [6.45, 7) is 19.1. The number of hydrogen-bond acceptors (Lipinski definition) is 32. The van der Waals surface area contributed by atoms with E-state index in [9.17, 15) is 67.1 Å². The zero-order valence-corrected chi connectivity index (χ0v) is 85.3. The Hall–Kier alpha value is -13.4. The van der Waals surface area contributed by atoms with Gasteiger partial charge in [-0.2, -0.15) is 35.8 Å².